The van der Waals surface area contributed by atoms with Crippen molar-refractivity contribution in [1.29, 1.82) is 0 Å². The van der Waals surface area contributed by atoms with Crippen molar-refractivity contribution in [2.75, 3.05) is 13.2 Å². The maximum absolute atomic E-state index is 12.4. The Balaban J connectivity index is 1.63. The van der Waals surface area contributed by atoms with E-state index in [1.165, 1.54) is 0 Å². The number of carbonyl (C=O) groups excluding carboxylic acids is 1. The Morgan fingerprint density at radius 3 is 2.56 bits per heavy atom. The Hall–Kier alpha value is -2.69. The number of ether oxygens (including phenoxy) is 3. The third-order valence-electron chi connectivity index (χ3n) is 4.19. The average Bonchev–Trinajstić information content (AvgIpc) is 2.63. The first kappa shape index (κ1) is 17.1. The molecular formula is C20H23NO4. The van der Waals surface area contributed by atoms with Crippen LogP contribution in [0.4, 0.5) is 0 Å². The van der Waals surface area contributed by atoms with Crippen LogP contribution >= 0.6 is 0 Å². The molecule has 0 fully saturated rings. The van der Waals surface area contributed by atoms with Crippen molar-refractivity contribution in [3.63, 3.8) is 0 Å². The molecule has 0 saturated heterocycles. The lowest BCUT2D eigenvalue weighted by Crippen LogP contribution is -2.37. The van der Waals surface area contributed by atoms with Crippen LogP contribution in [0.2, 0.25) is 0 Å². The van der Waals surface area contributed by atoms with Crippen LogP contribution in [0.1, 0.15) is 31.0 Å². The van der Waals surface area contributed by atoms with Gasteiger partial charge < -0.3 is 19.5 Å². The van der Waals surface area contributed by atoms with E-state index in [9.17, 15) is 4.79 Å². The third-order valence-corrected chi connectivity index (χ3v) is 4.19. The van der Waals surface area contributed by atoms with Gasteiger partial charge in [0.1, 0.15) is 19.0 Å². The number of fused-ring (bicyclic) bond motifs is 1. The first-order valence-electron chi connectivity index (χ1n) is 8.47. The summed E-state index contributed by atoms with van der Waals surface area (Å²) in [5.41, 5.74) is 1.96. The molecule has 1 aliphatic rings. The van der Waals surface area contributed by atoms with E-state index in [1.54, 1.807) is 6.92 Å². The second-order valence-electron chi connectivity index (χ2n) is 6.16. The van der Waals surface area contributed by atoms with Gasteiger partial charge in [-0.15, -0.1) is 0 Å². The van der Waals surface area contributed by atoms with Crippen LogP contribution in [0.3, 0.4) is 0 Å². The van der Waals surface area contributed by atoms with E-state index in [1.807, 2.05) is 56.3 Å². The molecule has 0 aliphatic carbocycles. The molecule has 25 heavy (non-hydrogen) atoms. The van der Waals surface area contributed by atoms with E-state index in [0.29, 0.717) is 19.0 Å². The fourth-order valence-electron chi connectivity index (χ4n) is 2.68. The number of carbonyl (C=O) groups is 1. The molecule has 5 nitrogen and oxygen atoms in total. The molecule has 3 rings (SSSR count). The normalized spacial score (nSPS) is 15.2. The smallest absolute Gasteiger partial charge is 0.261 e. The van der Waals surface area contributed by atoms with E-state index in [4.69, 9.17) is 14.2 Å². The molecule has 0 saturated carbocycles. The Bertz CT molecular complexity index is 759. The molecule has 0 radical (unpaired) electrons. The van der Waals surface area contributed by atoms with Crippen LogP contribution in [0.25, 0.3) is 0 Å². The van der Waals surface area contributed by atoms with Crippen LogP contribution in [0, 0.1) is 6.92 Å². The van der Waals surface area contributed by atoms with Crippen LogP contribution in [-0.2, 0) is 4.79 Å². The van der Waals surface area contributed by atoms with Crippen LogP contribution in [0.15, 0.2) is 42.5 Å². The highest BCUT2D eigenvalue weighted by atomic mass is 16.6. The van der Waals surface area contributed by atoms with E-state index in [2.05, 4.69) is 5.32 Å². The van der Waals surface area contributed by atoms with Gasteiger partial charge in [-0.05, 0) is 50.1 Å². The van der Waals surface area contributed by atoms with Crippen LogP contribution in [0.5, 0.6) is 17.2 Å². The Morgan fingerprint density at radius 1 is 1.08 bits per heavy atom. The summed E-state index contributed by atoms with van der Waals surface area (Å²) in [6.45, 7) is 6.74. The van der Waals surface area contributed by atoms with E-state index < -0.39 is 6.10 Å². The van der Waals surface area contributed by atoms with Crippen molar-refractivity contribution < 1.29 is 19.0 Å². The van der Waals surface area contributed by atoms with Crippen molar-refractivity contribution in [1.82, 2.24) is 5.32 Å². The number of para-hydroxylation sites is 1. The van der Waals surface area contributed by atoms with Gasteiger partial charge in [0.2, 0.25) is 0 Å². The predicted molar refractivity (Wildman–Crippen MR) is 95.3 cm³/mol. The molecule has 5 heteroatoms. The minimum absolute atomic E-state index is 0.161. The fraction of sp³-hybridized carbons (Fsp3) is 0.350. The van der Waals surface area contributed by atoms with Crippen molar-refractivity contribution in [2.24, 2.45) is 0 Å². The maximum atomic E-state index is 12.4. The molecular weight excluding hydrogens is 318 g/mol. The lowest BCUT2D eigenvalue weighted by atomic mass is 10.1. The molecule has 0 spiro atoms. The highest BCUT2D eigenvalue weighted by Gasteiger charge is 2.20. The van der Waals surface area contributed by atoms with E-state index in [-0.39, 0.29) is 11.9 Å². The quantitative estimate of drug-likeness (QED) is 0.905. The molecule has 1 amide bonds. The Morgan fingerprint density at radius 2 is 1.80 bits per heavy atom. The zero-order valence-corrected chi connectivity index (χ0v) is 14.7. The largest absolute Gasteiger partial charge is 0.486 e. The summed E-state index contributed by atoms with van der Waals surface area (Å²) < 4.78 is 16.9. The first-order chi connectivity index (χ1) is 12.0. The van der Waals surface area contributed by atoms with Gasteiger partial charge in [0.25, 0.3) is 5.91 Å². The third kappa shape index (κ3) is 4.05. The number of aryl methyl sites for hydroxylation is 1. The topological polar surface area (TPSA) is 56.8 Å². The SMILES string of the molecule is Cc1ccccc1OC(C)C(=O)NC(C)c1ccc2c(c1)OCCO2. The summed E-state index contributed by atoms with van der Waals surface area (Å²) in [5.74, 6) is 2.02. The maximum Gasteiger partial charge on any atom is 0.261 e. The number of hydrogen-bond donors (Lipinski definition) is 1. The van der Waals surface area contributed by atoms with Gasteiger partial charge in [-0.25, -0.2) is 0 Å². The van der Waals surface area contributed by atoms with Crippen molar-refractivity contribution in [3.05, 3.63) is 53.6 Å². The van der Waals surface area contributed by atoms with Gasteiger partial charge in [-0.1, -0.05) is 24.3 Å². The highest BCUT2D eigenvalue weighted by Crippen LogP contribution is 2.32. The average molecular weight is 341 g/mol. The van der Waals surface area contributed by atoms with Gasteiger partial charge in [0.15, 0.2) is 17.6 Å². The number of benzene rings is 2. The van der Waals surface area contributed by atoms with Gasteiger partial charge in [0, 0.05) is 0 Å². The molecule has 0 aromatic heterocycles. The first-order valence-corrected chi connectivity index (χ1v) is 8.47. The number of nitrogens with one attached hydrogen (secondary N) is 1. The number of hydrogen-bond acceptors (Lipinski definition) is 4. The summed E-state index contributed by atoms with van der Waals surface area (Å²) >= 11 is 0. The molecule has 1 N–H and O–H groups in total. The fourth-order valence-corrected chi connectivity index (χ4v) is 2.68. The van der Waals surface area contributed by atoms with Crippen molar-refractivity contribution in [2.45, 2.75) is 32.9 Å². The standard InChI is InChI=1S/C20H23NO4/c1-13-6-4-5-7-17(13)25-15(3)20(22)21-14(2)16-8-9-18-19(12-16)24-11-10-23-18/h4-9,12,14-15H,10-11H2,1-3H3,(H,21,22). The second kappa shape index (κ2) is 7.47. The molecule has 2 aromatic rings. The minimum Gasteiger partial charge on any atom is -0.486 e. The molecule has 1 aliphatic heterocycles. The summed E-state index contributed by atoms with van der Waals surface area (Å²) in [7, 11) is 0. The summed E-state index contributed by atoms with van der Waals surface area (Å²) in [6, 6.07) is 13.2. The summed E-state index contributed by atoms with van der Waals surface area (Å²) in [6.07, 6.45) is -0.583. The van der Waals surface area contributed by atoms with Gasteiger partial charge >= 0.3 is 0 Å². The summed E-state index contributed by atoms with van der Waals surface area (Å²) in [4.78, 5) is 12.4. The molecule has 132 valence electrons. The van der Waals surface area contributed by atoms with Crippen molar-refractivity contribution >= 4 is 5.91 Å². The van der Waals surface area contributed by atoms with Crippen molar-refractivity contribution in [3.8, 4) is 17.2 Å². The van der Waals surface area contributed by atoms with Crippen LogP contribution in [-0.4, -0.2) is 25.2 Å². The minimum atomic E-state index is -0.583. The monoisotopic (exact) mass is 341 g/mol. The highest BCUT2D eigenvalue weighted by molar-refractivity contribution is 5.81. The lowest BCUT2D eigenvalue weighted by Gasteiger charge is -2.22. The van der Waals surface area contributed by atoms with E-state index >= 15 is 0 Å². The van der Waals surface area contributed by atoms with Gasteiger partial charge in [0.05, 0.1) is 6.04 Å². The Kier molecular flexibility index (Phi) is 5.12. The number of rotatable bonds is 5. The Labute approximate surface area is 147 Å². The zero-order valence-electron chi connectivity index (χ0n) is 14.7. The van der Waals surface area contributed by atoms with Gasteiger partial charge in [-0.3, -0.25) is 4.79 Å². The molecule has 0 bridgehead atoms. The number of amides is 1. The molecule has 2 unspecified atom stereocenters. The molecule has 2 aromatic carbocycles. The predicted octanol–water partition coefficient (Wildman–Crippen LogP) is 3.41. The van der Waals surface area contributed by atoms with E-state index in [0.717, 1.165) is 22.6 Å². The zero-order chi connectivity index (χ0) is 17.8. The van der Waals surface area contributed by atoms with Crippen LogP contribution < -0.4 is 19.5 Å². The molecule has 1 heterocycles. The second-order valence-corrected chi connectivity index (χ2v) is 6.16. The lowest BCUT2D eigenvalue weighted by molar-refractivity contribution is -0.127. The van der Waals surface area contributed by atoms with Gasteiger partial charge in [-0.2, -0.15) is 0 Å². The molecule has 2 atom stereocenters. The summed E-state index contributed by atoms with van der Waals surface area (Å²) in [5, 5.41) is 2.98.